The third-order valence-corrected chi connectivity index (χ3v) is 2.98. The number of benzene rings is 1. The normalized spacial score (nSPS) is 15.1. The summed E-state index contributed by atoms with van der Waals surface area (Å²) in [6.07, 6.45) is 1.86. The van der Waals surface area contributed by atoms with Crippen LogP contribution in [0, 0.1) is 0 Å². The van der Waals surface area contributed by atoms with E-state index in [0.29, 0.717) is 6.54 Å². The summed E-state index contributed by atoms with van der Waals surface area (Å²) in [6.45, 7) is 0.411. The van der Waals surface area contributed by atoms with Gasteiger partial charge >= 0.3 is 11.4 Å². The second-order valence-corrected chi connectivity index (χ2v) is 4.37. The molecule has 0 amide bonds. The van der Waals surface area contributed by atoms with Crippen LogP contribution in [0.5, 0.6) is 0 Å². The lowest BCUT2D eigenvalue weighted by Crippen LogP contribution is -2.28. The summed E-state index contributed by atoms with van der Waals surface area (Å²) in [7, 11) is 0. The Balaban J connectivity index is 1.97. The topological polar surface area (TPSA) is 59.8 Å². The van der Waals surface area contributed by atoms with Crippen molar-refractivity contribution >= 4 is 0 Å². The second-order valence-electron chi connectivity index (χ2n) is 4.37. The Kier molecular flexibility index (Phi) is 2.24. The zero-order valence-electron chi connectivity index (χ0n) is 9.30. The fraction of sp³-hybridized carbons (Fsp3) is 0.333. The molecule has 0 bridgehead atoms. The largest absolute Gasteiger partial charge is 0.347 e. The summed E-state index contributed by atoms with van der Waals surface area (Å²) in [5.74, 6) is 0. The van der Waals surface area contributed by atoms with Crippen LogP contribution in [0.4, 0.5) is 0 Å². The smallest absolute Gasteiger partial charge is 0.246 e. The second kappa shape index (κ2) is 3.76. The van der Waals surface area contributed by atoms with Crippen molar-refractivity contribution in [3.8, 4) is 0 Å². The van der Waals surface area contributed by atoms with Gasteiger partial charge in [0.15, 0.2) is 0 Å². The fourth-order valence-corrected chi connectivity index (χ4v) is 1.96. The molecule has 0 saturated heterocycles. The van der Waals surface area contributed by atoms with E-state index in [-0.39, 0.29) is 17.4 Å². The minimum absolute atomic E-state index is 0.114. The highest BCUT2D eigenvalue weighted by atomic mass is 16.2. The van der Waals surface area contributed by atoms with E-state index in [4.69, 9.17) is 0 Å². The Labute approximate surface area is 97.3 Å². The number of hydrogen-bond acceptors (Lipinski definition) is 2. The highest BCUT2D eigenvalue weighted by Gasteiger charge is 2.28. The van der Waals surface area contributed by atoms with Crippen molar-refractivity contribution < 1.29 is 0 Å². The Morgan fingerprint density at radius 3 is 2.53 bits per heavy atom. The first-order valence-corrected chi connectivity index (χ1v) is 5.71. The summed E-state index contributed by atoms with van der Waals surface area (Å²) in [6, 6.07) is 9.72. The molecule has 0 unspecified atom stereocenters. The lowest BCUT2D eigenvalue weighted by Gasteiger charge is -2.00. The van der Waals surface area contributed by atoms with Gasteiger partial charge in [-0.05, 0) is 18.4 Å². The predicted molar refractivity (Wildman–Crippen MR) is 63.1 cm³/mol. The Bertz CT molecular complexity index is 632. The van der Waals surface area contributed by atoms with Gasteiger partial charge in [0.25, 0.3) is 0 Å². The number of nitrogens with zero attached hydrogens (tertiary/aromatic N) is 2. The maximum absolute atomic E-state index is 12.0. The fourth-order valence-electron chi connectivity index (χ4n) is 1.96. The molecular formula is C12H13N3O2. The van der Waals surface area contributed by atoms with Crippen molar-refractivity contribution in [2.75, 3.05) is 0 Å². The van der Waals surface area contributed by atoms with Crippen molar-refractivity contribution in [1.82, 2.24) is 14.3 Å². The van der Waals surface area contributed by atoms with E-state index in [1.165, 1.54) is 9.25 Å². The average Bonchev–Trinajstić information content (AvgIpc) is 3.10. The van der Waals surface area contributed by atoms with Crippen LogP contribution in [0.25, 0.3) is 0 Å². The molecule has 1 fully saturated rings. The molecule has 2 aromatic rings. The standard InChI is InChI=1S/C12H13N3O2/c16-11-13-14(8-9-4-2-1-3-5-9)12(17)15(11)10-6-7-10/h1-5,10H,6-8H2,(H,13,16). The first-order chi connectivity index (χ1) is 8.25. The Morgan fingerprint density at radius 1 is 1.18 bits per heavy atom. The van der Waals surface area contributed by atoms with E-state index in [9.17, 15) is 9.59 Å². The number of hydrogen-bond donors (Lipinski definition) is 1. The zero-order chi connectivity index (χ0) is 11.8. The molecule has 0 atom stereocenters. The number of H-pyrrole nitrogens is 1. The molecule has 3 rings (SSSR count). The van der Waals surface area contributed by atoms with E-state index in [0.717, 1.165) is 18.4 Å². The van der Waals surface area contributed by atoms with E-state index in [2.05, 4.69) is 5.10 Å². The monoisotopic (exact) mass is 231 g/mol. The van der Waals surface area contributed by atoms with Crippen LogP contribution < -0.4 is 11.4 Å². The zero-order valence-corrected chi connectivity index (χ0v) is 9.30. The van der Waals surface area contributed by atoms with Crippen molar-refractivity contribution in [3.63, 3.8) is 0 Å². The third kappa shape index (κ3) is 1.84. The van der Waals surface area contributed by atoms with Crippen molar-refractivity contribution in [2.45, 2.75) is 25.4 Å². The predicted octanol–water partition coefficient (Wildman–Crippen LogP) is 0.721. The van der Waals surface area contributed by atoms with Gasteiger partial charge in [-0.25, -0.2) is 23.9 Å². The molecule has 1 saturated carbocycles. The maximum atomic E-state index is 12.0. The molecule has 0 aliphatic heterocycles. The van der Waals surface area contributed by atoms with Crippen molar-refractivity contribution in [2.24, 2.45) is 0 Å². The highest BCUT2D eigenvalue weighted by molar-refractivity contribution is 5.14. The summed E-state index contributed by atoms with van der Waals surface area (Å²) in [5, 5.41) is 2.59. The number of rotatable bonds is 3. The molecule has 17 heavy (non-hydrogen) atoms. The quantitative estimate of drug-likeness (QED) is 0.846. The minimum Gasteiger partial charge on any atom is -0.246 e. The first-order valence-electron chi connectivity index (χ1n) is 5.71. The lowest BCUT2D eigenvalue weighted by molar-refractivity contribution is 0.625. The molecule has 5 heteroatoms. The van der Waals surface area contributed by atoms with E-state index in [1.54, 1.807) is 0 Å². The van der Waals surface area contributed by atoms with E-state index >= 15 is 0 Å². The molecule has 1 heterocycles. The van der Waals surface area contributed by atoms with Crippen molar-refractivity contribution in [1.29, 1.82) is 0 Å². The maximum Gasteiger partial charge on any atom is 0.347 e. The molecule has 1 aliphatic rings. The highest BCUT2D eigenvalue weighted by Crippen LogP contribution is 2.31. The average molecular weight is 231 g/mol. The number of nitrogens with one attached hydrogen (secondary N) is 1. The van der Waals surface area contributed by atoms with Gasteiger partial charge in [0.1, 0.15) is 0 Å². The summed E-state index contributed by atoms with van der Waals surface area (Å²) in [4.78, 5) is 23.6. The van der Waals surface area contributed by atoms with E-state index < -0.39 is 0 Å². The molecule has 0 spiro atoms. The van der Waals surface area contributed by atoms with Gasteiger partial charge in [-0.3, -0.25) is 0 Å². The third-order valence-electron chi connectivity index (χ3n) is 2.98. The van der Waals surface area contributed by atoms with Gasteiger partial charge in [0, 0.05) is 6.04 Å². The molecule has 1 aliphatic carbocycles. The molecule has 88 valence electrons. The molecule has 1 N–H and O–H groups in total. The molecule has 5 nitrogen and oxygen atoms in total. The SMILES string of the molecule is O=c1[nH]n(Cc2ccccc2)c(=O)n1C1CC1. The van der Waals surface area contributed by atoms with Gasteiger partial charge < -0.3 is 0 Å². The molecular weight excluding hydrogens is 218 g/mol. The van der Waals surface area contributed by atoms with Crippen LogP contribution in [0.15, 0.2) is 39.9 Å². The Morgan fingerprint density at radius 2 is 1.88 bits per heavy atom. The summed E-state index contributed by atoms with van der Waals surface area (Å²) >= 11 is 0. The van der Waals surface area contributed by atoms with Crippen LogP contribution in [-0.4, -0.2) is 14.3 Å². The summed E-state index contributed by atoms with van der Waals surface area (Å²) in [5.41, 5.74) is 0.466. The van der Waals surface area contributed by atoms with Crippen LogP contribution in [0.2, 0.25) is 0 Å². The van der Waals surface area contributed by atoms with Crippen LogP contribution in [-0.2, 0) is 6.54 Å². The lowest BCUT2D eigenvalue weighted by atomic mass is 10.2. The summed E-state index contributed by atoms with van der Waals surface area (Å²) < 4.78 is 2.69. The van der Waals surface area contributed by atoms with Gasteiger partial charge in [0.2, 0.25) is 0 Å². The molecule has 1 aromatic heterocycles. The molecule has 0 radical (unpaired) electrons. The first kappa shape index (κ1) is 10.1. The Hall–Kier alpha value is -2.04. The minimum atomic E-state index is -0.298. The van der Waals surface area contributed by atoms with Gasteiger partial charge in [-0.15, -0.1) is 0 Å². The van der Waals surface area contributed by atoms with Gasteiger partial charge in [-0.2, -0.15) is 0 Å². The molecule has 1 aromatic carbocycles. The van der Waals surface area contributed by atoms with Crippen LogP contribution in [0.3, 0.4) is 0 Å². The number of aromatic amines is 1. The number of aromatic nitrogens is 3. The van der Waals surface area contributed by atoms with Crippen LogP contribution >= 0.6 is 0 Å². The van der Waals surface area contributed by atoms with Gasteiger partial charge in [-0.1, -0.05) is 30.3 Å². The van der Waals surface area contributed by atoms with Crippen molar-refractivity contribution in [3.05, 3.63) is 56.9 Å². The van der Waals surface area contributed by atoms with Gasteiger partial charge in [0.05, 0.1) is 6.54 Å². The van der Waals surface area contributed by atoms with Crippen LogP contribution in [0.1, 0.15) is 24.4 Å². The van der Waals surface area contributed by atoms with E-state index in [1.807, 2.05) is 30.3 Å².